The molecule has 1 aromatic carbocycles. The normalized spacial score (nSPS) is 25.4. The van der Waals surface area contributed by atoms with E-state index in [0.29, 0.717) is 13.0 Å². The molecular formula is C22H28O5. The van der Waals surface area contributed by atoms with Gasteiger partial charge in [0.25, 0.3) is 0 Å². The summed E-state index contributed by atoms with van der Waals surface area (Å²) in [7, 11) is 1.67. The zero-order chi connectivity index (χ0) is 19.1. The van der Waals surface area contributed by atoms with Crippen LogP contribution in [0.2, 0.25) is 0 Å². The van der Waals surface area contributed by atoms with Crippen LogP contribution in [0.25, 0.3) is 0 Å². The maximum Gasteiger partial charge on any atom is 0.309 e. The fourth-order valence-electron chi connectivity index (χ4n) is 3.22. The molecule has 0 bridgehead atoms. The highest BCUT2D eigenvalue weighted by atomic mass is 16.6. The third-order valence-corrected chi connectivity index (χ3v) is 4.82. The van der Waals surface area contributed by atoms with E-state index < -0.39 is 0 Å². The standard InChI is InChI=1S/C22H28O5/c1-16(25-15-17-8-10-18(24-2)11-9-17)6-4-3-5-7-19-12-13-20-21(26-19)14-22(23)27-20/h5,7-13,16,19-21H,3-4,6,14-15H2,1-2H3/b7-5+/t16-,19-,20-,21-/m0/s1. The summed E-state index contributed by atoms with van der Waals surface area (Å²) in [5.74, 6) is 0.681. The predicted octanol–water partition coefficient (Wildman–Crippen LogP) is 3.97. The van der Waals surface area contributed by atoms with Crippen molar-refractivity contribution in [1.82, 2.24) is 0 Å². The molecule has 0 radical (unpaired) electrons. The van der Waals surface area contributed by atoms with Gasteiger partial charge < -0.3 is 18.9 Å². The van der Waals surface area contributed by atoms with Gasteiger partial charge in [-0.3, -0.25) is 4.79 Å². The largest absolute Gasteiger partial charge is 0.497 e. The number of methoxy groups -OCH3 is 1. The van der Waals surface area contributed by atoms with Gasteiger partial charge in [0, 0.05) is 0 Å². The highest BCUT2D eigenvalue weighted by Crippen LogP contribution is 2.25. The monoisotopic (exact) mass is 372 g/mol. The summed E-state index contributed by atoms with van der Waals surface area (Å²) in [6, 6.07) is 7.95. The van der Waals surface area contributed by atoms with E-state index in [1.165, 1.54) is 0 Å². The van der Waals surface area contributed by atoms with Gasteiger partial charge in [0.15, 0.2) is 0 Å². The average Bonchev–Trinajstić information content (AvgIpc) is 3.05. The molecule has 0 spiro atoms. The number of ether oxygens (including phenoxy) is 4. The lowest BCUT2D eigenvalue weighted by Gasteiger charge is -2.23. The number of fused-ring (bicyclic) bond motifs is 1. The molecule has 1 fully saturated rings. The Morgan fingerprint density at radius 1 is 1.26 bits per heavy atom. The minimum absolute atomic E-state index is 0.0653. The van der Waals surface area contributed by atoms with Crippen molar-refractivity contribution in [3.63, 3.8) is 0 Å². The van der Waals surface area contributed by atoms with Crippen molar-refractivity contribution in [2.24, 2.45) is 0 Å². The fourth-order valence-corrected chi connectivity index (χ4v) is 3.22. The number of hydrogen-bond donors (Lipinski definition) is 0. The molecule has 1 saturated heterocycles. The molecule has 5 nitrogen and oxygen atoms in total. The fraction of sp³-hybridized carbons (Fsp3) is 0.500. The Morgan fingerprint density at radius 2 is 2.07 bits per heavy atom. The van der Waals surface area contributed by atoms with Gasteiger partial charge in [-0.05, 0) is 50.0 Å². The maximum atomic E-state index is 11.3. The first-order chi connectivity index (χ1) is 13.1. The number of carbonyl (C=O) groups excluding carboxylic acids is 1. The van der Waals surface area contributed by atoms with Crippen LogP contribution in [0.3, 0.4) is 0 Å². The van der Waals surface area contributed by atoms with Crippen LogP contribution in [0.1, 0.15) is 38.2 Å². The Morgan fingerprint density at radius 3 is 2.85 bits per heavy atom. The van der Waals surface area contributed by atoms with Crippen LogP contribution >= 0.6 is 0 Å². The number of esters is 1. The van der Waals surface area contributed by atoms with Gasteiger partial charge in [-0.25, -0.2) is 0 Å². The van der Waals surface area contributed by atoms with Crippen LogP contribution in [-0.4, -0.2) is 37.5 Å². The second kappa shape index (κ2) is 9.72. The molecule has 0 saturated carbocycles. The Hall–Kier alpha value is -2.11. The predicted molar refractivity (Wildman–Crippen MR) is 103 cm³/mol. The second-order valence-corrected chi connectivity index (χ2v) is 7.01. The van der Waals surface area contributed by atoms with E-state index in [-0.39, 0.29) is 30.4 Å². The summed E-state index contributed by atoms with van der Waals surface area (Å²) in [4.78, 5) is 11.3. The third-order valence-electron chi connectivity index (χ3n) is 4.82. The summed E-state index contributed by atoms with van der Waals surface area (Å²) in [5, 5.41) is 0. The minimum Gasteiger partial charge on any atom is -0.497 e. The molecule has 0 amide bonds. The van der Waals surface area contributed by atoms with Crippen molar-refractivity contribution in [3.05, 3.63) is 54.1 Å². The van der Waals surface area contributed by atoms with Crippen LogP contribution in [0.15, 0.2) is 48.6 Å². The van der Waals surface area contributed by atoms with E-state index in [2.05, 4.69) is 19.1 Å². The number of hydrogen-bond acceptors (Lipinski definition) is 5. The number of allylic oxidation sites excluding steroid dienone is 1. The van der Waals surface area contributed by atoms with E-state index in [9.17, 15) is 4.79 Å². The molecule has 27 heavy (non-hydrogen) atoms. The highest BCUT2D eigenvalue weighted by Gasteiger charge is 2.37. The number of rotatable bonds is 9. The first-order valence-electron chi connectivity index (χ1n) is 9.58. The SMILES string of the molecule is COc1ccc(CO[C@@H](C)CCC/C=C/[C@H]2C=C[C@@H]3OC(=O)C[C@@H]3O2)cc1. The second-order valence-electron chi connectivity index (χ2n) is 7.01. The Kier molecular flexibility index (Phi) is 7.07. The van der Waals surface area contributed by atoms with Gasteiger partial charge >= 0.3 is 5.97 Å². The third kappa shape index (κ3) is 5.94. The molecular weight excluding hydrogens is 344 g/mol. The van der Waals surface area contributed by atoms with Crippen molar-refractivity contribution in [3.8, 4) is 5.75 Å². The summed E-state index contributed by atoms with van der Waals surface area (Å²) in [6.45, 7) is 2.72. The molecule has 3 rings (SSSR count). The number of benzene rings is 1. The summed E-state index contributed by atoms with van der Waals surface area (Å²) < 4.78 is 22.1. The molecule has 1 aromatic rings. The van der Waals surface area contributed by atoms with E-state index in [1.807, 2.05) is 36.4 Å². The summed E-state index contributed by atoms with van der Waals surface area (Å²) in [5.41, 5.74) is 1.15. The molecule has 5 heteroatoms. The van der Waals surface area contributed by atoms with Gasteiger partial charge in [0.05, 0.1) is 32.3 Å². The highest BCUT2D eigenvalue weighted by molar-refractivity contribution is 5.73. The summed E-state index contributed by atoms with van der Waals surface area (Å²) >= 11 is 0. The van der Waals surface area contributed by atoms with Crippen molar-refractivity contribution in [1.29, 1.82) is 0 Å². The molecule has 146 valence electrons. The van der Waals surface area contributed by atoms with Crippen molar-refractivity contribution < 1.29 is 23.7 Å². The van der Waals surface area contributed by atoms with E-state index >= 15 is 0 Å². The lowest BCUT2D eigenvalue weighted by molar-refractivity contribution is -0.140. The number of unbranched alkanes of at least 4 members (excludes halogenated alkanes) is 1. The van der Waals surface area contributed by atoms with Crippen LogP contribution in [0.5, 0.6) is 5.75 Å². The smallest absolute Gasteiger partial charge is 0.309 e. The Labute approximate surface area is 160 Å². The molecule has 0 N–H and O–H groups in total. The van der Waals surface area contributed by atoms with Gasteiger partial charge in [0.2, 0.25) is 0 Å². The van der Waals surface area contributed by atoms with E-state index in [0.717, 1.165) is 30.6 Å². The van der Waals surface area contributed by atoms with Crippen LogP contribution in [0, 0.1) is 0 Å². The number of carbonyl (C=O) groups is 1. The first-order valence-corrected chi connectivity index (χ1v) is 9.58. The van der Waals surface area contributed by atoms with E-state index in [1.54, 1.807) is 7.11 Å². The summed E-state index contributed by atoms with van der Waals surface area (Å²) in [6.07, 6.45) is 11.3. The zero-order valence-electron chi connectivity index (χ0n) is 16.0. The molecule has 2 aliphatic rings. The Balaban J connectivity index is 1.29. The first kappa shape index (κ1) is 19.6. The van der Waals surface area contributed by atoms with Gasteiger partial charge in [-0.15, -0.1) is 0 Å². The molecule has 0 aliphatic carbocycles. The molecule has 4 atom stereocenters. The molecule has 0 aromatic heterocycles. The van der Waals surface area contributed by atoms with Gasteiger partial charge in [-0.1, -0.05) is 30.4 Å². The quantitative estimate of drug-likeness (QED) is 0.373. The van der Waals surface area contributed by atoms with Crippen molar-refractivity contribution >= 4 is 5.97 Å². The van der Waals surface area contributed by atoms with Crippen molar-refractivity contribution in [2.45, 2.75) is 63.6 Å². The maximum absolute atomic E-state index is 11.3. The van der Waals surface area contributed by atoms with Gasteiger partial charge in [0.1, 0.15) is 18.0 Å². The topological polar surface area (TPSA) is 54.0 Å². The van der Waals surface area contributed by atoms with Crippen LogP contribution in [0.4, 0.5) is 0 Å². The van der Waals surface area contributed by atoms with Crippen LogP contribution < -0.4 is 4.74 Å². The van der Waals surface area contributed by atoms with Gasteiger partial charge in [-0.2, -0.15) is 0 Å². The lowest BCUT2D eigenvalue weighted by Crippen LogP contribution is -2.30. The minimum atomic E-state index is -0.203. The molecule has 2 heterocycles. The average molecular weight is 372 g/mol. The zero-order valence-corrected chi connectivity index (χ0v) is 16.0. The lowest BCUT2D eigenvalue weighted by atomic mass is 10.1. The van der Waals surface area contributed by atoms with Crippen LogP contribution in [-0.2, 0) is 25.6 Å². The Bertz CT molecular complexity index is 664. The van der Waals surface area contributed by atoms with E-state index in [4.69, 9.17) is 18.9 Å². The molecule has 0 unspecified atom stereocenters. The molecule has 2 aliphatic heterocycles. The van der Waals surface area contributed by atoms with Crippen molar-refractivity contribution in [2.75, 3.05) is 7.11 Å².